The van der Waals surface area contributed by atoms with Gasteiger partial charge in [-0.3, -0.25) is 0 Å². The van der Waals surface area contributed by atoms with Crippen molar-refractivity contribution in [1.82, 2.24) is 15.1 Å². The smallest absolute Gasteiger partial charge is 0.0110 e. The number of hydrogen-bond acceptors (Lipinski definition) is 3. The molecule has 1 aliphatic carbocycles. The molecule has 0 bridgehead atoms. The average molecular weight is 251 g/mol. The molecule has 0 aromatic carbocycles. The van der Waals surface area contributed by atoms with Crippen molar-refractivity contribution in [3.05, 3.63) is 0 Å². The van der Waals surface area contributed by atoms with Crippen LogP contribution in [0.4, 0.5) is 0 Å². The van der Waals surface area contributed by atoms with Gasteiger partial charge in [-0.15, -0.1) is 0 Å². The molecule has 3 rings (SSSR count). The molecule has 1 atom stereocenters. The predicted molar refractivity (Wildman–Crippen MR) is 75.8 cm³/mol. The first-order valence-electron chi connectivity index (χ1n) is 7.98. The summed E-state index contributed by atoms with van der Waals surface area (Å²) in [6, 6.07) is 0. The van der Waals surface area contributed by atoms with Crippen LogP contribution in [0.25, 0.3) is 0 Å². The summed E-state index contributed by atoms with van der Waals surface area (Å²) < 4.78 is 0. The van der Waals surface area contributed by atoms with Crippen LogP contribution in [0.2, 0.25) is 0 Å². The van der Waals surface area contributed by atoms with E-state index in [1.807, 2.05) is 0 Å². The minimum atomic E-state index is 0.770. The van der Waals surface area contributed by atoms with Crippen molar-refractivity contribution in [3.63, 3.8) is 0 Å². The van der Waals surface area contributed by atoms with Crippen LogP contribution in [0.1, 0.15) is 32.6 Å². The molecule has 0 amide bonds. The number of hydrogen-bond donors (Lipinski definition) is 1. The summed E-state index contributed by atoms with van der Waals surface area (Å²) in [5.41, 5.74) is 0.770. The molecular formula is C15H29N3. The van der Waals surface area contributed by atoms with Gasteiger partial charge in [0.25, 0.3) is 0 Å². The Hall–Kier alpha value is -0.120. The Balaban J connectivity index is 1.40. The zero-order valence-corrected chi connectivity index (χ0v) is 12.0. The van der Waals surface area contributed by atoms with Gasteiger partial charge in [0.1, 0.15) is 0 Å². The summed E-state index contributed by atoms with van der Waals surface area (Å²) in [5.74, 6) is 1.03. The van der Waals surface area contributed by atoms with Crippen LogP contribution in [0.15, 0.2) is 0 Å². The van der Waals surface area contributed by atoms with Gasteiger partial charge in [0, 0.05) is 32.7 Å². The summed E-state index contributed by atoms with van der Waals surface area (Å²) in [5, 5.41) is 3.50. The van der Waals surface area contributed by atoms with E-state index in [0.29, 0.717) is 0 Å². The van der Waals surface area contributed by atoms with E-state index in [-0.39, 0.29) is 0 Å². The number of piperazine rings is 1. The lowest BCUT2D eigenvalue weighted by molar-refractivity contribution is 0.122. The Morgan fingerprint density at radius 2 is 1.72 bits per heavy atom. The molecule has 2 heterocycles. The number of piperidine rings is 1. The molecule has 2 aliphatic heterocycles. The van der Waals surface area contributed by atoms with Crippen LogP contribution in [-0.2, 0) is 0 Å². The molecule has 3 nitrogen and oxygen atoms in total. The van der Waals surface area contributed by atoms with Gasteiger partial charge in [-0.1, -0.05) is 6.92 Å². The van der Waals surface area contributed by atoms with Gasteiger partial charge in [0.15, 0.2) is 0 Å². The third-order valence-corrected chi connectivity index (χ3v) is 5.44. The predicted octanol–water partition coefficient (Wildman–Crippen LogP) is 1.40. The van der Waals surface area contributed by atoms with Crippen LogP contribution >= 0.6 is 0 Å². The molecule has 1 unspecified atom stereocenters. The number of rotatable bonds is 4. The normalized spacial score (nSPS) is 32.8. The van der Waals surface area contributed by atoms with Crippen LogP contribution in [0, 0.1) is 11.3 Å². The summed E-state index contributed by atoms with van der Waals surface area (Å²) >= 11 is 0. The molecule has 1 spiro atoms. The highest BCUT2D eigenvalue weighted by Crippen LogP contribution is 2.58. The summed E-state index contributed by atoms with van der Waals surface area (Å²) in [6.07, 6.45) is 5.70. The van der Waals surface area contributed by atoms with Gasteiger partial charge < -0.3 is 15.1 Å². The lowest BCUT2D eigenvalue weighted by Gasteiger charge is -2.35. The third kappa shape index (κ3) is 2.73. The van der Waals surface area contributed by atoms with E-state index in [2.05, 4.69) is 22.0 Å². The molecule has 0 radical (unpaired) electrons. The number of nitrogens with zero attached hydrogens (tertiary/aromatic N) is 2. The fraction of sp³-hybridized carbons (Fsp3) is 1.00. The van der Waals surface area contributed by atoms with Crippen molar-refractivity contribution in [2.75, 3.05) is 52.4 Å². The molecule has 3 aliphatic rings. The maximum atomic E-state index is 3.50. The minimum Gasteiger partial charge on any atom is -0.317 e. The molecule has 0 aromatic rings. The molecule has 3 fully saturated rings. The van der Waals surface area contributed by atoms with Gasteiger partial charge in [-0.2, -0.15) is 0 Å². The maximum Gasteiger partial charge on any atom is 0.0110 e. The highest BCUT2D eigenvalue weighted by molar-refractivity contribution is 5.05. The number of nitrogens with one attached hydrogen (secondary N) is 1. The van der Waals surface area contributed by atoms with Gasteiger partial charge in [0.05, 0.1) is 0 Å². The van der Waals surface area contributed by atoms with E-state index in [4.69, 9.17) is 0 Å². The minimum absolute atomic E-state index is 0.770. The van der Waals surface area contributed by atoms with Crippen LogP contribution in [0.3, 0.4) is 0 Å². The Kier molecular flexibility index (Phi) is 3.92. The van der Waals surface area contributed by atoms with Crippen LogP contribution in [-0.4, -0.2) is 62.2 Å². The second-order valence-corrected chi connectivity index (χ2v) is 6.66. The van der Waals surface area contributed by atoms with Crippen LogP contribution in [0.5, 0.6) is 0 Å². The first-order chi connectivity index (χ1) is 8.82. The topological polar surface area (TPSA) is 18.5 Å². The first-order valence-corrected chi connectivity index (χ1v) is 7.98. The fourth-order valence-corrected chi connectivity index (χ4v) is 4.05. The highest BCUT2D eigenvalue weighted by atomic mass is 15.3. The molecule has 3 heteroatoms. The molecule has 1 saturated carbocycles. The first kappa shape index (κ1) is 12.9. The van der Waals surface area contributed by atoms with Crippen molar-refractivity contribution >= 4 is 0 Å². The van der Waals surface area contributed by atoms with Gasteiger partial charge in [-0.05, 0) is 56.7 Å². The Labute approximate surface area is 112 Å². The van der Waals surface area contributed by atoms with E-state index in [0.717, 1.165) is 11.3 Å². The van der Waals surface area contributed by atoms with Crippen molar-refractivity contribution in [3.8, 4) is 0 Å². The van der Waals surface area contributed by atoms with Gasteiger partial charge in [0.2, 0.25) is 0 Å². The molecule has 104 valence electrons. The van der Waals surface area contributed by atoms with Crippen molar-refractivity contribution in [2.24, 2.45) is 11.3 Å². The van der Waals surface area contributed by atoms with Crippen molar-refractivity contribution in [2.45, 2.75) is 32.6 Å². The molecule has 2 saturated heterocycles. The lowest BCUT2D eigenvalue weighted by Crippen LogP contribution is -2.47. The molecule has 1 N–H and O–H groups in total. The van der Waals surface area contributed by atoms with Gasteiger partial charge >= 0.3 is 0 Å². The molecule has 0 aromatic heterocycles. The van der Waals surface area contributed by atoms with E-state index < -0.39 is 0 Å². The van der Waals surface area contributed by atoms with E-state index in [1.54, 1.807) is 0 Å². The SMILES string of the molecule is CCCN1CCN(CC2CC23CCNCC3)CC1. The zero-order valence-electron chi connectivity index (χ0n) is 12.0. The monoisotopic (exact) mass is 251 g/mol. The average Bonchev–Trinajstić information content (AvgIpc) is 3.05. The highest BCUT2D eigenvalue weighted by Gasteiger charge is 2.53. The second kappa shape index (κ2) is 5.48. The van der Waals surface area contributed by atoms with E-state index >= 15 is 0 Å². The maximum absolute atomic E-state index is 3.50. The largest absolute Gasteiger partial charge is 0.317 e. The third-order valence-electron chi connectivity index (χ3n) is 5.44. The summed E-state index contributed by atoms with van der Waals surface area (Å²) in [6.45, 7) is 12.7. The standard InChI is InChI=1S/C15H29N3/c1-2-7-17-8-10-18(11-9-17)13-14-12-15(14)3-5-16-6-4-15/h14,16H,2-13H2,1H3. The van der Waals surface area contributed by atoms with Crippen molar-refractivity contribution in [1.29, 1.82) is 0 Å². The second-order valence-electron chi connectivity index (χ2n) is 6.66. The Morgan fingerprint density at radius 1 is 1.06 bits per heavy atom. The lowest BCUT2D eigenvalue weighted by atomic mass is 9.92. The van der Waals surface area contributed by atoms with E-state index in [9.17, 15) is 0 Å². The Morgan fingerprint density at radius 3 is 2.39 bits per heavy atom. The van der Waals surface area contributed by atoms with Crippen molar-refractivity contribution < 1.29 is 0 Å². The van der Waals surface area contributed by atoms with E-state index in [1.165, 1.54) is 78.0 Å². The molecule has 18 heavy (non-hydrogen) atoms. The van der Waals surface area contributed by atoms with Gasteiger partial charge in [-0.25, -0.2) is 0 Å². The summed E-state index contributed by atoms with van der Waals surface area (Å²) in [7, 11) is 0. The zero-order chi connectivity index (χ0) is 12.4. The summed E-state index contributed by atoms with van der Waals surface area (Å²) in [4.78, 5) is 5.36. The molecular weight excluding hydrogens is 222 g/mol. The Bertz CT molecular complexity index is 265. The van der Waals surface area contributed by atoms with Crippen LogP contribution < -0.4 is 5.32 Å². The quantitative estimate of drug-likeness (QED) is 0.815. The fourth-order valence-electron chi connectivity index (χ4n) is 4.05.